The summed E-state index contributed by atoms with van der Waals surface area (Å²) in [5.41, 5.74) is 3.86. The average molecular weight is 391 g/mol. The number of hydrogen-bond acceptors (Lipinski definition) is 5. The Morgan fingerprint density at radius 3 is 2.48 bits per heavy atom. The zero-order valence-corrected chi connectivity index (χ0v) is 16.2. The molecule has 0 aliphatic heterocycles. The number of rotatable bonds is 6. The molecule has 148 valence electrons. The van der Waals surface area contributed by atoms with Crippen LogP contribution in [-0.4, -0.2) is 33.9 Å². The van der Waals surface area contributed by atoms with Crippen molar-refractivity contribution in [2.45, 2.75) is 13.0 Å². The summed E-state index contributed by atoms with van der Waals surface area (Å²) in [6.07, 6.45) is 0.539. The lowest BCUT2D eigenvalue weighted by molar-refractivity contribution is 0.276. The zero-order valence-electron chi connectivity index (χ0n) is 16.2. The van der Waals surface area contributed by atoms with Crippen LogP contribution in [0.4, 0.5) is 0 Å². The number of ether oxygens (including phenoxy) is 2. The van der Waals surface area contributed by atoms with Crippen molar-refractivity contribution >= 4 is 5.65 Å². The molecule has 0 spiro atoms. The van der Waals surface area contributed by atoms with Crippen molar-refractivity contribution in [2.24, 2.45) is 0 Å². The second kappa shape index (κ2) is 7.81. The number of methoxy groups -OCH3 is 2. The van der Waals surface area contributed by atoms with Gasteiger partial charge in [0.15, 0.2) is 17.1 Å². The lowest BCUT2D eigenvalue weighted by Gasteiger charge is -2.10. The van der Waals surface area contributed by atoms with E-state index in [2.05, 4.69) is 5.10 Å². The number of fused-ring (bicyclic) bond motifs is 1. The van der Waals surface area contributed by atoms with Crippen molar-refractivity contribution in [1.29, 1.82) is 0 Å². The molecule has 0 fully saturated rings. The van der Waals surface area contributed by atoms with Crippen molar-refractivity contribution in [3.05, 3.63) is 81.9 Å². The number of H-pyrrole nitrogens is 1. The quantitative estimate of drug-likeness (QED) is 0.528. The van der Waals surface area contributed by atoms with E-state index in [4.69, 9.17) is 14.5 Å². The topological polar surface area (TPSA) is 88.8 Å². The molecule has 0 unspecified atom stereocenters. The molecule has 0 aliphatic carbocycles. The van der Waals surface area contributed by atoms with E-state index in [-0.39, 0.29) is 12.2 Å². The predicted octanol–water partition coefficient (Wildman–Crippen LogP) is 2.79. The molecule has 7 heteroatoms. The number of aromatic amines is 1. The van der Waals surface area contributed by atoms with Crippen LogP contribution in [0.25, 0.3) is 16.8 Å². The Morgan fingerprint density at radius 2 is 1.79 bits per heavy atom. The molecule has 0 bridgehead atoms. The van der Waals surface area contributed by atoms with Crippen LogP contribution in [0.15, 0.2) is 59.4 Å². The van der Waals surface area contributed by atoms with E-state index in [1.165, 1.54) is 10.6 Å². The van der Waals surface area contributed by atoms with E-state index in [1.54, 1.807) is 26.4 Å². The number of aliphatic hydroxyl groups is 1. The molecule has 0 aliphatic rings. The number of benzene rings is 2. The maximum absolute atomic E-state index is 12.7. The highest BCUT2D eigenvalue weighted by atomic mass is 16.5. The zero-order chi connectivity index (χ0) is 20.4. The Hall–Kier alpha value is -3.58. The first-order valence-corrected chi connectivity index (χ1v) is 9.15. The Kier molecular flexibility index (Phi) is 5.05. The van der Waals surface area contributed by atoms with Gasteiger partial charge < -0.3 is 14.6 Å². The van der Waals surface area contributed by atoms with Gasteiger partial charge in [0.05, 0.1) is 32.2 Å². The van der Waals surface area contributed by atoms with E-state index in [9.17, 15) is 9.90 Å². The minimum Gasteiger partial charge on any atom is -0.493 e. The predicted molar refractivity (Wildman–Crippen MR) is 110 cm³/mol. The first kappa shape index (κ1) is 18.8. The van der Waals surface area contributed by atoms with Crippen LogP contribution in [0.3, 0.4) is 0 Å². The molecule has 2 aromatic heterocycles. The summed E-state index contributed by atoms with van der Waals surface area (Å²) in [4.78, 5) is 17.4. The summed E-state index contributed by atoms with van der Waals surface area (Å²) >= 11 is 0. The third-order valence-electron chi connectivity index (χ3n) is 4.80. The van der Waals surface area contributed by atoms with E-state index in [0.717, 1.165) is 11.1 Å². The van der Waals surface area contributed by atoms with Crippen molar-refractivity contribution in [2.75, 3.05) is 14.2 Å². The normalized spacial score (nSPS) is 11.0. The van der Waals surface area contributed by atoms with Gasteiger partial charge in [-0.15, -0.1) is 0 Å². The molecule has 7 nitrogen and oxygen atoms in total. The van der Waals surface area contributed by atoms with Crippen molar-refractivity contribution in [3.63, 3.8) is 0 Å². The van der Waals surface area contributed by atoms with Crippen LogP contribution in [0.5, 0.6) is 11.5 Å². The summed E-state index contributed by atoms with van der Waals surface area (Å²) < 4.78 is 12.1. The van der Waals surface area contributed by atoms with Crippen LogP contribution in [0.2, 0.25) is 0 Å². The largest absolute Gasteiger partial charge is 0.493 e. The third-order valence-corrected chi connectivity index (χ3v) is 4.80. The standard InChI is InChI=1S/C22H21N3O4/c1-28-18-9-8-15(11-19(18)29-2)21-17(13-26)24-25-20(27)12-16(23-22(21)25)10-14-6-4-3-5-7-14/h3-9,11-12,24,26H,10,13H2,1-2H3. The lowest BCUT2D eigenvalue weighted by Crippen LogP contribution is -2.16. The fraction of sp³-hybridized carbons (Fsp3) is 0.182. The van der Waals surface area contributed by atoms with Gasteiger partial charge in [0.2, 0.25) is 0 Å². The van der Waals surface area contributed by atoms with E-state index in [0.29, 0.717) is 40.5 Å². The smallest absolute Gasteiger partial charge is 0.272 e. The molecule has 0 saturated carbocycles. The fourth-order valence-corrected chi connectivity index (χ4v) is 3.44. The summed E-state index contributed by atoms with van der Waals surface area (Å²) in [6.45, 7) is -0.263. The maximum Gasteiger partial charge on any atom is 0.272 e. The minimum absolute atomic E-state index is 0.234. The van der Waals surface area contributed by atoms with Crippen LogP contribution in [-0.2, 0) is 13.0 Å². The summed E-state index contributed by atoms with van der Waals surface area (Å²) in [7, 11) is 3.13. The summed E-state index contributed by atoms with van der Waals surface area (Å²) in [5, 5.41) is 12.8. The van der Waals surface area contributed by atoms with E-state index < -0.39 is 0 Å². The molecule has 4 rings (SSSR count). The molecule has 0 saturated heterocycles. The van der Waals surface area contributed by atoms with Gasteiger partial charge in [-0.25, -0.2) is 9.50 Å². The molecule has 2 N–H and O–H groups in total. The highest BCUT2D eigenvalue weighted by molar-refractivity contribution is 5.81. The Bertz CT molecular complexity index is 1210. The van der Waals surface area contributed by atoms with Gasteiger partial charge in [-0.2, -0.15) is 0 Å². The second-order valence-corrected chi connectivity index (χ2v) is 6.60. The Morgan fingerprint density at radius 1 is 1.03 bits per heavy atom. The highest BCUT2D eigenvalue weighted by Gasteiger charge is 2.18. The van der Waals surface area contributed by atoms with Crippen molar-refractivity contribution in [3.8, 4) is 22.6 Å². The molecule has 4 aromatic rings. The first-order valence-electron chi connectivity index (χ1n) is 9.15. The average Bonchev–Trinajstić information content (AvgIpc) is 3.13. The van der Waals surface area contributed by atoms with Crippen LogP contribution in [0, 0.1) is 0 Å². The molecule has 0 amide bonds. The summed E-state index contributed by atoms with van der Waals surface area (Å²) in [5.74, 6) is 1.15. The molecule has 2 heterocycles. The van der Waals surface area contributed by atoms with Crippen molar-refractivity contribution in [1.82, 2.24) is 14.6 Å². The van der Waals surface area contributed by atoms with Crippen LogP contribution < -0.4 is 15.0 Å². The van der Waals surface area contributed by atoms with Gasteiger partial charge in [0, 0.05) is 18.1 Å². The molecule has 0 radical (unpaired) electrons. The van der Waals surface area contributed by atoms with E-state index >= 15 is 0 Å². The van der Waals surface area contributed by atoms with Crippen molar-refractivity contribution < 1.29 is 14.6 Å². The van der Waals surface area contributed by atoms with Gasteiger partial charge in [-0.1, -0.05) is 36.4 Å². The SMILES string of the molecule is COc1ccc(-c2c(CO)[nH]n3c(=O)cc(Cc4ccccc4)nc23)cc1OC. The van der Waals surface area contributed by atoms with Gasteiger partial charge in [0.1, 0.15) is 0 Å². The molecular formula is C22H21N3O4. The molecule has 2 aromatic carbocycles. The van der Waals surface area contributed by atoms with Gasteiger partial charge in [-0.3, -0.25) is 9.89 Å². The third kappa shape index (κ3) is 3.48. The molecule has 0 atom stereocenters. The van der Waals surface area contributed by atoms with Gasteiger partial charge in [-0.05, 0) is 23.3 Å². The second-order valence-electron chi connectivity index (χ2n) is 6.60. The maximum atomic E-state index is 12.7. The Labute approximate surface area is 167 Å². The highest BCUT2D eigenvalue weighted by Crippen LogP contribution is 2.35. The minimum atomic E-state index is -0.263. The van der Waals surface area contributed by atoms with Crippen LogP contribution >= 0.6 is 0 Å². The monoisotopic (exact) mass is 391 g/mol. The fourth-order valence-electron chi connectivity index (χ4n) is 3.44. The van der Waals surface area contributed by atoms with Gasteiger partial charge in [0.25, 0.3) is 5.56 Å². The number of hydrogen-bond donors (Lipinski definition) is 2. The molecular weight excluding hydrogens is 370 g/mol. The van der Waals surface area contributed by atoms with Crippen LogP contribution in [0.1, 0.15) is 17.0 Å². The number of nitrogens with zero attached hydrogens (tertiary/aromatic N) is 2. The number of nitrogens with one attached hydrogen (secondary N) is 1. The first-order chi connectivity index (χ1) is 14.1. The number of aliphatic hydroxyl groups excluding tert-OH is 1. The summed E-state index contributed by atoms with van der Waals surface area (Å²) in [6, 6.07) is 16.8. The van der Waals surface area contributed by atoms with Gasteiger partial charge >= 0.3 is 0 Å². The molecule has 29 heavy (non-hydrogen) atoms. The number of aromatic nitrogens is 3. The van der Waals surface area contributed by atoms with E-state index in [1.807, 2.05) is 36.4 Å². The Balaban J connectivity index is 1.90. The lowest BCUT2D eigenvalue weighted by atomic mass is 10.0.